The smallest absolute Gasteiger partial charge is 0.265 e. The Hall–Kier alpha value is -2.22. The van der Waals surface area contributed by atoms with Crippen molar-refractivity contribution in [3.05, 3.63) is 57.5 Å². The zero-order valence-corrected chi connectivity index (χ0v) is 19.3. The third kappa shape index (κ3) is 5.47. The fourth-order valence-electron chi connectivity index (χ4n) is 2.71. The maximum Gasteiger partial charge on any atom is 0.265 e. The molecular formula is C22H22ClNO4S2. The van der Waals surface area contributed by atoms with E-state index in [1.54, 1.807) is 25.3 Å². The van der Waals surface area contributed by atoms with Crippen molar-refractivity contribution < 1.29 is 19.0 Å². The molecule has 30 heavy (non-hydrogen) atoms. The number of thiocarbonyl (C=S) groups is 1. The molecule has 0 spiro atoms. The molecule has 0 aromatic heterocycles. The van der Waals surface area contributed by atoms with Crippen LogP contribution in [0.25, 0.3) is 6.08 Å². The van der Waals surface area contributed by atoms with Crippen LogP contribution >= 0.6 is 35.6 Å². The lowest BCUT2D eigenvalue weighted by atomic mass is 10.1. The van der Waals surface area contributed by atoms with Crippen molar-refractivity contribution in [1.29, 1.82) is 0 Å². The van der Waals surface area contributed by atoms with Gasteiger partial charge in [0.1, 0.15) is 23.3 Å². The SMILES string of the molecule is CCOc1cc(/C=C2\SC(=S)N(C)C2=O)cc(Cl)c1OCCOc1ccc(C)cc1. The fourth-order valence-corrected chi connectivity index (χ4v) is 4.16. The standard InChI is InChI=1S/C22H22ClNO4S2/c1-4-26-18-12-15(13-19-21(25)24(3)22(29)30-19)11-17(23)20(18)28-10-9-27-16-7-5-14(2)6-8-16/h5-8,11-13H,4,9-10H2,1-3H3/b19-13-. The Morgan fingerprint density at radius 1 is 1.13 bits per heavy atom. The van der Waals surface area contributed by atoms with E-state index in [-0.39, 0.29) is 5.91 Å². The molecule has 1 fully saturated rings. The van der Waals surface area contributed by atoms with Crippen LogP contribution in [0.2, 0.25) is 5.02 Å². The highest BCUT2D eigenvalue weighted by atomic mass is 35.5. The summed E-state index contributed by atoms with van der Waals surface area (Å²) in [5.41, 5.74) is 1.91. The average molecular weight is 464 g/mol. The van der Waals surface area contributed by atoms with Gasteiger partial charge in [0.15, 0.2) is 11.5 Å². The number of thioether (sulfide) groups is 1. The van der Waals surface area contributed by atoms with Gasteiger partial charge in [-0.2, -0.15) is 0 Å². The second kappa shape index (κ2) is 10.2. The molecule has 0 saturated carbocycles. The highest BCUT2D eigenvalue weighted by Crippen LogP contribution is 2.39. The van der Waals surface area contributed by atoms with E-state index in [1.165, 1.54) is 22.2 Å². The average Bonchev–Trinajstić information content (AvgIpc) is 2.95. The fraction of sp³-hybridized carbons (Fsp3) is 0.273. The van der Waals surface area contributed by atoms with E-state index in [0.29, 0.717) is 45.6 Å². The molecule has 2 aromatic rings. The van der Waals surface area contributed by atoms with Crippen molar-refractivity contribution >= 4 is 51.9 Å². The molecule has 2 aromatic carbocycles. The number of hydrogen-bond acceptors (Lipinski definition) is 6. The Balaban J connectivity index is 1.71. The molecule has 0 unspecified atom stereocenters. The second-order valence-corrected chi connectivity index (χ2v) is 8.60. The number of aryl methyl sites for hydroxylation is 1. The summed E-state index contributed by atoms with van der Waals surface area (Å²) in [7, 11) is 1.66. The Morgan fingerprint density at radius 2 is 1.83 bits per heavy atom. The van der Waals surface area contributed by atoms with Gasteiger partial charge < -0.3 is 14.2 Å². The van der Waals surface area contributed by atoms with Crippen molar-refractivity contribution in [2.45, 2.75) is 13.8 Å². The number of carbonyl (C=O) groups is 1. The van der Waals surface area contributed by atoms with Crippen molar-refractivity contribution in [3.8, 4) is 17.2 Å². The molecule has 0 bridgehead atoms. The van der Waals surface area contributed by atoms with Crippen LogP contribution in [-0.2, 0) is 4.79 Å². The zero-order valence-electron chi connectivity index (χ0n) is 16.9. The summed E-state index contributed by atoms with van der Waals surface area (Å²) in [6.07, 6.45) is 1.75. The number of amides is 1. The summed E-state index contributed by atoms with van der Waals surface area (Å²) in [5.74, 6) is 1.61. The number of hydrogen-bond donors (Lipinski definition) is 0. The van der Waals surface area contributed by atoms with Gasteiger partial charge in [-0.15, -0.1) is 0 Å². The molecular weight excluding hydrogens is 442 g/mol. The van der Waals surface area contributed by atoms with Crippen LogP contribution in [0.4, 0.5) is 0 Å². The first-order valence-corrected chi connectivity index (χ1v) is 11.0. The molecule has 0 radical (unpaired) electrons. The van der Waals surface area contributed by atoms with Gasteiger partial charge in [0, 0.05) is 7.05 Å². The molecule has 0 N–H and O–H groups in total. The Morgan fingerprint density at radius 3 is 2.47 bits per heavy atom. The van der Waals surface area contributed by atoms with E-state index in [0.717, 1.165) is 11.3 Å². The molecule has 1 aliphatic heterocycles. The number of nitrogens with zero attached hydrogens (tertiary/aromatic N) is 1. The monoisotopic (exact) mass is 463 g/mol. The first kappa shape index (κ1) is 22.5. The summed E-state index contributed by atoms with van der Waals surface area (Å²) >= 11 is 12.9. The van der Waals surface area contributed by atoms with E-state index in [9.17, 15) is 4.79 Å². The normalized spacial score (nSPS) is 15.1. The minimum atomic E-state index is -0.132. The van der Waals surface area contributed by atoms with E-state index in [2.05, 4.69) is 0 Å². The van der Waals surface area contributed by atoms with Crippen molar-refractivity contribution in [1.82, 2.24) is 4.90 Å². The molecule has 0 aliphatic carbocycles. The Bertz CT molecular complexity index is 976. The molecule has 1 aliphatic rings. The predicted octanol–water partition coefficient (Wildman–Crippen LogP) is 5.34. The van der Waals surface area contributed by atoms with E-state index < -0.39 is 0 Å². The van der Waals surface area contributed by atoms with E-state index in [4.69, 9.17) is 38.0 Å². The van der Waals surface area contributed by atoms with E-state index in [1.807, 2.05) is 38.1 Å². The predicted molar refractivity (Wildman–Crippen MR) is 126 cm³/mol. The second-order valence-electron chi connectivity index (χ2n) is 6.51. The molecule has 3 rings (SSSR count). The van der Waals surface area contributed by atoms with Gasteiger partial charge in [-0.05, 0) is 49.8 Å². The van der Waals surface area contributed by atoms with Gasteiger partial charge in [-0.25, -0.2) is 0 Å². The molecule has 158 valence electrons. The van der Waals surface area contributed by atoms with Crippen LogP contribution in [0.3, 0.4) is 0 Å². The van der Waals surface area contributed by atoms with Crippen LogP contribution in [0.15, 0.2) is 41.3 Å². The van der Waals surface area contributed by atoms with Gasteiger partial charge in [-0.3, -0.25) is 9.69 Å². The molecule has 1 saturated heterocycles. The highest BCUT2D eigenvalue weighted by molar-refractivity contribution is 8.26. The molecule has 0 atom stereocenters. The lowest BCUT2D eigenvalue weighted by Crippen LogP contribution is -2.22. The van der Waals surface area contributed by atoms with Crippen molar-refractivity contribution in [2.75, 3.05) is 26.9 Å². The molecule has 1 heterocycles. The van der Waals surface area contributed by atoms with Gasteiger partial charge in [-0.1, -0.05) is 53.3 Å². The van der Waals surface area contributed by atoms with E-state index >= 15 is 0 Å². The van der Waals surface area contributed by atoms with Gasteiger partial charge in [0.2, 0.25) is 0 Å². The lowest BCUT2D eigenvalue weighted by molar-refractivity contribution is -0.121. The maximum absolute atomic E-state index is 12.2. The largest absolute Gasteiger partial charge is 0.490 e. The van der Waals surface area contributed by atoms with Crippen molar-refractivity contribution in [3.63, 3.8) is 0 Å². The topological polar surface area (TPSA) is 48.0 Å². The first-order valence-electron chi connectivity index (χ1n) is 9.39. The lowest BCUT2D eigenvalue weighted by Gasteiger charge is -2.15. The van der Waals surface area contributed by atoms with Gasteiger partial charge in [0.25, 0.3) is 5.91 Å². The number of rotatable bonds is 8. The van der Waals surface area contributed by atoms with Crippen LogP contribution in [0.5, 0.6) is 17.2 Å². The van der Waals surface area contributed by atoms with Crippen LogP contribution in [0.1, 0.15) is 18.1 Å². The van der Waals surface area contributed by atoms with Gasteiger partial charge >= 0.3 is 0 Å². The third-order valence-corrected chi connectivity index (χ3v) is 6.00. The summed E-state index contributed by atoms with van der Waals surface area (Å²) in [6, 6.07) is 11.4. The van der Waals surface area contributed by atoms with Crippen LogP contribution < -0.4 is 14.2 Å². The summed E-state index contributed by atoms with van der Waals surface area (Å²) < 4.78 is 17.8. The Labute approximate surface area is 190 Å². The number of likely N-dealkylation sites (N-methyl/N-ethyl adjacent to an activating group) is 1. The first-order chi connectivity index (χ1) is 14.4. The summed E-state index contributed by atoms with van der Waals surface area (Å²) in [6.45, 7) is 5.03. The summed E-state index contributed by atoms with van der Waals surface area (Å²) in [5, 5.41) is 0.398. The number of carbonyl (C=O) groups excluding carboxylic acids is 1. The zero-order chi connectivity index (χ0) is 21.7. The highest BCUT2D eigenvalue weighted by Gasteiger charge is 2.28. The quantitative estimate of drug-likeness (QED) is 0.299. The minimum Gasteiger partial charge on any atom is -0.490 e. The number of halogens is 1. The third-order valence-electron chi connectivity index (χ3n) is 4.24. The minimum absolute atomic E-state index is 0.132. The van der Waals surface area contributed by atoms with Crippen LogP contribution in [-0.4, -0.2) is 42.0 Å². The number of ether oxygens (including phenoxy) is 3. The summed E-state index contributed by atoms with van der Waals surface area (Å²) in [4.78, 5) is 14.2. The van der Waals surface area contributed by atoms with Crippen molar-refractivity contribution in [2.24, 2.45) is 0 Å². The van der Waals surface area contributed by atoms with Crippen LogP contribution in [0, 0.1) is 6.92 Å². The molecule has 1 amide bonds. The Kier molecular flexibility index (Phi) is 7.64. The maximum atomic E-state index is 12.2. The molecule has 5 nitrogen and oxygen atoms in total. The van der Waals surface area contributed by atoms with Gasteiger partial charge in [0.05, 0.1) is 16.5 Å². The number of benzene rings is 2. The molecule has 8 heteroatoms.